The minimum Gasteiger partial charge on any atom is -0.462 e. The first kappa shape index (κ1) is 89.6. The second-order valence-electron chi connectivity index (χ2n) is 34.2. The number of likely N-dealkylation sites (N-methyl/N-ethyl adjacent to an activating group) is 2. The smallest absolute Gasteiger partial charge is 0.418 e. The highest BCUT2D eigenvalue weighted by molar-refractivity contribution is 5.96. The van der Waals surface area contributed by atoms with Crippen molar-refractivity contribution in [3.63, 3.8) is 0 Å². The largest absolute Gasteiger partial charge is 0.462 e. The lowest BCUT2D eigenvalue weighted by molar-refractivity contribution is -0.137. The molecule has 3 aromatic heterocycles. The molecule has 12 heterocycles. The summed E-state index contributed by atoms with van der Waals surface area (Å²) in [5.74, 6) is 1.90. The number of carbonyl (C=O) groups is 3. The second kappa shape index (κ2) is 41.0. The van der Waals surface area contributed by atoms with Gasteiger partial charge in [0.15, 0.2) is 0 Å². The normalized spacial score (nSPS) is 21.4. The summed E-state index contributed by atoms with van der Waals surface area (Å²) >= 11 is 0. The van der Waals surface area contributed by atoms with Crippen molar-refractivity contribution in [1.82, 2.24) is 59.3 Å². The third-order valence-electron chi connectivity index (χ3n) is 26.5. The van der Waals surface area contributed by atoms with Gasteiger partial charge in [0, 0.05) is 154 Å². The number of rotatable bonds is 24. The first-order chi connectivity index (χ1) is 61.7. The van der Waals surface area contributed by atoms with Crippen LogP contribution in [0.5, 0.6) is 18.0 Å². The van der Waals surface area contributed by atoms with Crippen LogP contribution in [0.4, 0.5) is 47.7 Å². The van der Waals surface area contributed by atoms with Gasteiger partial charge in [-0.25, -0.2) is 6.57 Å². The zero-order chi connectivity index (χ0) is 88.8. The molecule has 9 aliphatic heterocycles. The van der Waals surface area contributed by atoms with Crippen molar-refractivity contribution < 1.29 is 46.5 Å². The highest BCUT2D eigenvalue weighted by Crippen LogP contribution is 2.43. The minimum atomic E-state index is -4.48. The van der Waals surface area contributed by atoms with Crippen molar-refractivity contribution in [2.45, 2.75) is 146 Å². The fourth-order valence-corrected chi connectivity index (χ4v) is 19.6. The molecule has 8 aromatic rings. The van der Waals surface area contributed by atoms with E-state index in [0.29, 0.717) is 140 Å². The van der Waals surface area contributed by atoms with Crippen LogP contribution in [-0.2, 0) is 64.2 Å². The summed E-state index contributed by atoms with van der Waals surface area (Å²) in [6.45, 7) is 34.5. The zero-order valence-corrected chi connectivity index (χ0v) is 73.2. The Labute approximate surface area is 741 Å². The number of halogens is 3. The van der Waals surface area contributed by atoms with Gasteiger partial charge in [0.1, 0.15) is 43.3 Å². The summed E-state index contributed by atoms with van der Waals surface area (Å²) in [5.41, 5.74) is 7.51. The number of ether oxygens (including phenoxy) is 4. The zero-order valence-electron chi connectivity index (χ0n) is 73.2. The number of hydrogen-bond donors (Lipinski definition) is 0. The van der Waals surface area contributed by atoms with Gasteiger partial charge in [0.25, 0.3) is 0 Å². The number of benzene rings is 5. The number of piperazine rings is 3. The summed E-state index contributed by atoms with van der Waals surface area (Å²) in [6.07, 6.45) is 8.48. The minimum absolute atomic E-state index is 0.0137. The summed E-state index contributed by atoms with van der Waals surface area (Å²) < 4.78 is 65.6. The monoisotopic (exact) mass is 1730 g/mol. The van der Waals surface area contributed by atoms with Gasteiger partial charge in [-0.15, -0.1) is 0 Å². The summed E-state index contributed by atoms with van der Waals surface area (Å²) in [5, 5.41) is 23.9. The Bertz CT molecular complexity index is 5420. The Balaban J connectivity index is 0.000000147. The number of para-hydroxylation sites is 1. The number of anilines is 6. The quantitative estimate of drug-likeness (QED) is 0.0402. The average molecular weight is 1730 g/mol. The lowest BCUT2D eigenvalue weighted by atomic mass is 10.00. The van der Waals surface area contributed by atoms with E-state index in [-0.39, 0.29) is 85.6 Å². The standard InChI is InChI=1S/C34H41N7O3.C33H39N7O2.C29H34F3N7O2/c1-3-32(42)41-19-18-40(22-26(41)13-15-35)33-29-14-17-39(31-12-6-9-25-8-4-5-11-28(25)31)23-30(29)36-34(37-33)44-24-27-10-7-16-38(27)20-21-43-2;1-5-31(41)40-19-23(2)39(20-26(40)18-34-3)32-28-15-17-38(30-14-8-11-24-10-6-7-13-27(24)30)21-29(28)35-33(36-32)42-22-25-12-9-16-37(25)4;1-3-26(40)39-16-15-38(17-20(39)10-12-33)27-22-11-14-37(25-9-5-4-8-23(25)29(30,31)32)18-24(22)34-28(35-27)41-19-21-7-6-13-36(21)2/h3-6,8-9,11-12,26-27H,1,7,10,13-14,16-24H2,2H3;5-8,10-11,13-14,23,25-26H,1,9,12,15-22H2,2,4H3;3-5,8-9,20-21H,1,6-7,10-11,13-19H2,2H3/t26-,27-;23-,25+,26+;20-,21-/m010/s1. The Morgan fingerprint density at radius 3 is 1.39 bits per heavy atom. The molecule has 127 heavy (non-hydrogen) atoms. The fraction of sp³-hybridized carbons (Fsp3) is 0.479. The molecule has 0 bridgehead atoms. The predicted molar refractivity (Wildman–Crippen MR) is 484 cm³/mol. The van der Waals surface area contributed by atoms with Crippen LogP contribution in [0.15, 0.2) is 147 Å². The Morgan fingerprint density at radius 1 is 0.496 bits per heavy atom. The lowest BCUT2D eigenvalue weighted by Crippen LogP contribution is -2.60. The molecular weight excluding hydrogens is 1620 g/mol. The molecule has 17 rings (SSSR count). The number of methoxy groups -OCH3 is 1. The topological polar surface area (TPSA) is 256 Å². The molecule has 5 aromatic carbocycles. The maximum absolute atomic E-state index is 13.8. The molecular formula is C96H114F3N21O7. The van der Waals surface area contributed by atoms with E-state index in [2.05, 4.69) is 177 Å². The number of likely N-dealkylation sites (tertiary alicyclic amines) is 3. The van der Waals surface area contributed by atoms with E-state index in [1.165, 1.54) is 69.7 Å². The van der Waals surface area contributed by atoms with Gasteiger partial charge in [-0.2, -0.15) is 53.6 Å². The van der Waals surface area contributed by atoms with Crippen LogP contribution in [0.1, 0.15) is 97.6 Å². The molecule has 31 heteroatoms. The summed E-state index contributed by atoms with van der Waals surface area (Å²) in [4.78, 5) is 96.1. The van der Waals surface area contributed by atoms with Crippen LogP contribution < -0.4 is 43.6 Å². The van der Waals surface area contributed by atoms with E-state index >= 15 is 0 Å². The molecule has 6 saturated heterocycles. The first-order valence-corrected chi connectivity index (χ1v) is 44.5. The van der Waals surface area contributed by atoms with Gasteiger partial charge in [0.05, 0.1) is 86.0 Å². The fourth-order valence-electron chi connectivity index (χ4n) is 19.6. The molecule has 0 aliphatic carbocycles. The van der Waals surface area contributed by atoms with Crippen LogP contribution in [0.25, 0.3) is 26.4 Å². The van der Waals surface area contributed by atoms with E-state index in [0.717, 1.165) is 130 Å². The maximum Gasteiger partial charge on any atom is 0.418 e. The van der Waals surface area contributed by atoms with Crippen LogP contribution >= 0.6 is 0 Å². The molecule has 0 unspecified atom stereocenters. The average Bonchev–Trinajstić information content (AvgIpc) is 1.32. The van der Waals surface area contributed by atoms with Gasteiger partial charge in [-0.3, -0.25) is 19.3 Å². The number of hydrogen-bond acceptors (Lipinski definition) is 24. The van der Waals surface area contributed by atoms with Crippen LogP contribution in [0.2, 0.25) is 0 Å². The van der Waals surface area contributed by atoms with Crippen LogP contribution in [0, 0.1) is 29.2 Å². The first-order valence-electron chi connectivity index (χ1n) is 44.5. The van der Waals surface area contributed by atoms with Gasteiger partial charge < -0.3 is 77.7 Å². The van der Waals surface area contributed by atoms with E-state index < -0.39 is 11.7 Å². The van der Waals surface area contributed by atoms with E-state index in [1.807, 2.05) is 4.90 Å². The van der Waals surface area contributed by atoms with Crippen molar-refractivity contribution in [3.05, 3.63) is 198 Å². The van der Waals surface area contributed by atoms with Crippen LogP contribution in [-0.4, -0.2) is 272 Å². The molecule has 6 fully saturated rings. The molecule has 0 saturated carbocycles. The third-order valence-corrected chi connectivity index (χ3v) is 26.5. The second-order valence-corrected chi connectivity index (χ2v) is 34.2. The van der Waals surface area contributed by atoms with E-state index in [4.69, 9.17) is 55.4 Å². The number of amides is 3. The molecule has 28 nitrogen and oxygen atoms in total. The number of aromatic nitrogens is 6. The number of nitriles is 2. The summed E-state index contributed by atoms with van der Waals surface area (Å²) in [7, 11) is 5.93. The lowest BCUT2D eigenvalue weighted by Gasteiger charge is -2.45. The highest BCUT2D eigenvalue weighted by Gasteiger charge is 2.42. The predicted octanol–water partition coefficient (Wildman–Crippen LogP) is 11.6. The van der Waals surface area contributed by atoms with E-state index in [9.17, 15) is 38.1 Å². The number of nitrogens with zero attached hydrogens (tertiary/aromatic N) is 21. The van der Waals surface area contributed by atoms with Gasteiger partial charge in [-0.05, 0) is 152 Å². The molecule has 7 atom stereocenters. The molecule has 9 aliphatic rings. The molecule has 3 amide bonds. The SMILES string of the molecule is C=CC(=O)N1CCN(c2nc(OC[C@@H]3CCCN3C)nc3c2CCN(c2ccccc2C(F)(F)F)C3)C[C@@H]1CC#N.C=CC(=O)N1CCN(c2nc(OC[C@@H]3CCCN3CCOC)nc3c2CCN(c2cccc4ccccc24)C3)C[C@@H]1CC#N.[C-]#[N+]C[C@H]1CN(c2nc(OC[C@@H]3CCCN3C)nc3c2CCN(c2cccc4ccccc24)C3)[C@H](C)CN1C(=O)C=C. The van der Waals surface area contributed by atoms with Crippen molar-refractivity contribution in [1.29, 1.82) is 10.5 Å². The van der Waals surface area contributed by atoms with Gasteiger partial charge >= 0.3 is 24.2 Å². The van der Waals surface area contributed by atoms with Gasteiger partial charge in [0.2, 0.25) is 24.3 Å². The third kappa shape index (κ3) is 20.4. The number of carbonyl (C=O) groups excluding carboxylic acids is 3. The Hall–Kier alpha value is -12.2. The maximum atomic E-state index is 13.8. The van der Waals surface area contributed by atoms with Crippen molar-refractivity contribution in [2.24, 2.45) is 0 Å². The van der Waals surface area contributed by atoms with E-state index in [1.54, 1.807) is 32.8 Å². The van der Waals surface area contributed by atoms with Gasteiger partial charge in [-0.1, -0.05) is 105 Å². The Kier molecular flexibility index (Phi) is 29.0. The molecule has 0 spiro atoms. The number of alkyl halides is 3. The Morgan fingerprint density at radius 2 is 0.921 bits per heavy atom. The number of fused-ring (bicyclic) bond motifs is 5. The van der Waals surface area contributed by atoms with Crippen LogP contribution in [0.3, 0.4) is 0 Å². The van der Waals surface area contributed by atoms with Crippen molar-refractivity contribution in [3.8, 4) is 30.2 Å². The molecule has 0 radical (unpaired) electrons. The van der Waals surface area contributed by atoms with Crippen molar-refractivity contribution in [2.75, 3.05) is 182 Å². The van der Waals surface area contributed by atoms with Crippen molar-refractivity contribution >= 4 is 73.8 Å². The highest BCUT2D eigenvalue weighted by atomic mass is 19.4. The summed E-state index contributed by atoms with van der Waals surface area (Å²) in [6, 6.07) is 41.0. The molecule has 666 valence electrons. The molecule has 0 N–H and O–H groups in total.